The van der Waals surface area contributed by atoms with Gasteiger partial charge in [-0.25, -0.2) is 8.42 Å². The van der Waals surface area contributed by atoms with Crippen LogP contribution in [0, 0.1) is 6.92 Å². The standard InChI is InChI=1S/C20H26N2O4S/c1-5-19(16-8-6-15(2)7-9-16)21-20(23)14-26-18-12-10-17(11-13-18)22(3)27(4,24)25/h6-13,19H,5,14H2,1-4H3,(H,21,23). The minimum atomic E-state index is -3.31. The van der Waals surface area contributed by atoms with Crippen LogP contribution in [0.15, 0.2) is 48.5 Å². The van der Waals surface area contributed by atoms with Gasteiger partial charge in [0.25, 0.3) is 5.91 Å². The SMILES string of the molecule is CCC(NC(=O)COc1ccc(N(C)S(C)(=O)=O)cc1)c1ccc(C)cc1. The first-order valence-electron chi connectivity index (χ1n) is 8.73. The number of amides is 1. The molecule has 0 aromatic heterocycles. The summed E-state index contributed by atoms with van der Waals surface area (Å²) in [4.78, 5) is 12.2. The van der Waals surface area contributed by atoms with E-state index in [1.807, 2.05) is 38.1 Å². The summed E-state index contributed by atoms with van der Waals surface area (Å²) >= 11 is 0. The van der Waals surface area contributed by atoms with Crippen molar-refractivity contribution >= 4 is 21.6 Å². The fraction of sp³-hybridized carbons (Fsp3) is 0.350. The van der Waals surface area contributed by atoms with Crippen LogP contribution in [0.3, 0.4) is 0 Å². The van der Waals surface area contributed by atoms with E-state index in [1.165, 1.54) is 16.9 Å². The zero-order valence-electron chi connectivity index (χ0n) is 16.1. The minimum Gasteiger partial charge on any atom is -0.484 e. The fourth-order valence-corrected chi connectivity index (χ4v) is 3.05. The lowest BCUT2D eigenvalue weighted by atomic mass is 10.0. The van der Waals surface area contributed by atoms with Gasteiger partial charge in [-0.3, -0.25) is 9.10 Å². The smallest absolute Gasteiger partial charge is 0.258 e. The highest BCUT2D eigenvalue weighted by Gasteiger charge is 2.14. The van der Waals surface area contributed by atoms with Gasteiger partial charge in [-0.1, -0.05) is 36.8 Å². The molecule has 0 heterocycles. The van der Waals surface area contributed by atoms with Crippen LogP contribution >= 0.6 is 0 Å². The topological polar surface area (TPSA) is 75.7 Å². The summed E-state index contributed by atoms with van der Waals surface area (Å²) < 4.78 is 29.8. The van der Waals surface area contributed by atoms with Gasteiger partial charge in [0.05, 0.1) is 18.0 Å². The number of carbonyl (C=O) groups excluding carboxylic acids is 1. The molecule has 27 heavy (non-hydrogen) atoms. The summed E-state index contributed by atoms with van der Waals surface area (Å²) in [6.45, 7) is 3.93. The third kappa shape index (κ3) is 5.99. The average Bonchev–Trinajstić information content (AvgIpc) is 2.64. The Balaban J connectivity index is 1.92. The maximum Gasteiger partial charge on any atom is 0.258 e. The first-order valence-corrected chi connectivity index (χ1v) is 10.6. The predicted octanol–water partition coefficient (Wildman–Crippen LogP) is 3.04. The lowest BCUT2D eigenvalue weighted by Crippen LogP contribution is -2.32. The highest BCUT2D eigenvalue weighted by Crippen LogP contribution is 2.20. The van der Waals surface area contributed by atoms with E-state index in [0.29, 0.717) is 11.4 Å². The van der Waals surface area contributed by atoms with Crippen molar-refractivity contribution in [1.82, 2.24) is 5.32 Å². The van der Waals surface area contributed by atoms with Crippen molar-refractivity contribution in [2.75, 3.05) is 24.2 Å². The number of nitrogens with zero attached hydrogens (tertiary/aromatic N) is 1. The van der Waals surface area contributed by atoms with Gasteiger partial charge in [-0.15, -0.1) is 0 Å². The van der Waals surface area contributed by atoms with Crippen molar-refractivity contribution < 1.29 is 17.9 Å². The van der Waals surface area contributed by atoms with Gasteiger partial charge in [0.1, 0.15) is 5.75 Å². The lowest BCUT2D eigenvalue weighted by molar-refractivity contribution is -0.123. The maximum absolute atomic E-state index is 12.2. The van der Waals surface area contributed by atoms with Crippen LogP contribution in [0.2, 0.25) is 0 Å². The molecule has 0 saturated carbocycles. The van der Waals surface area contributed by atoms with Gasteiger partial charge < -0.3 is 10.1 Å². The average molecular weight is 391 g/mol. The number of rotatable bonds is 8. The first-order chi connectivity index (χ1) is 12.7. The van der Waals surface area contributed by atoms with Crippen molar-refractivity contribution in [3.63, 3.8) is 0 Å². The van der Waals surface area contributed by atoms with Gasteiger partial charge in [0, 0.05) is 7.05 Å². The molecule has 1 unspecified atom stereocenters. The van der Waals surface area contributed by atoms with Crippen LogP contribution in [-0.4, -0.2) is 34.2 Å². The largest absolute Gasteiger partial charge is 0.484 e. The van der Waals surface area contributed by atoms with Crippen LogP contribution in [-0.2, 0) is 14.8 Å². The Labute approximate surface area is 161 Å². The molecule has 6 nitrogen and oxygen atoms in total. The number of hydrogen-bond acceptors (Lipinski definition) is 4. The molecule has 0 bridgehead atoms. The molecule has 1 amide bonds. The van der Waals surface area contributed by atoms with Gasteiger partial charge in [-0.05, 0) is 43.2 Å². The van der Waals surface area contributed by atoms with Crippen LogP contribution in [0.5, 0.6) is 5.75 Å². The van der Waals surface area contributed by atoms with Gasteiger partial charge >= 0.3 is 0 Å². The molecule has 0 spiro atoms. The Morgan fingerprint density at radius 3 is 2.22 bits per heavy atom. The van der Waals surface area contributed by atoms with E-state index in [9.17, 15) is 13.2 Å². The predicted molar refractivity (Wildman–Crippen MR) is 108 cm³/mol. The number of aryl methyl sites for hydroxylation is 1. The van der Waals surface area contributed by atoms with E-state index >= 15 is 0 Å². The fourth-order valence-electron chi connectivity index (χ4n) is 2.55. The Morgan fingerprint density at radius 1 is 1.11 bits per heavy atom. The number of benzene rings is 2. The first kappa shape index (κ1) is 20.8. The summed E-state index contributed by atoms with van der Waals surface area (Å²) in [6.07, 6.45) is 1.92. The number of hydrogen-bond donors (Lipinski definition) is 1. The van der Waals surface area contributed by atoms with Gasteiger partial charge in [0.15, 0.2) is 6.61 Å². The molecule has 0 aliphatic heterocycles. The van der Waals surface area contributed by atoms with Crippen molar-refractivity contribution in [2.45, 2.75) is 26.3 Å². The zero-order valence-corrected chi connectivity index (χ0v) is 16.9. The van der Waals surface area contributed by atoms with Crippen LogP contribution in [0.25, 0.3) is 0 Å². The lowest BCUT2D eigenvalue weighted by Gasteiger charge is -2.18. The second kappa shape index (κ2) is 8.90. The minimum absolute atomic E-state index is 0.0625. The number of sulfonamides is 1. The summed E-state index contributed by atoms with van der Waals surface area (Å²) in [5.41, 5.74) is 2.76. The Hall–Kier alpha value is -2.54. The molecule has 1 atom stereocenters. The monoisotopic (exact) mass is 390 g/mol. The molecule has 0 aliphatic carbocycles. The van der Waals surface area contributed by atoms with E-state index in [2.05, 4.69) is 5.32 Å². The van der Waals surface area contributed by atoms with Gasteiger partial charge in [0.2, 0.25) is 10.0 Å². The normalized spacial score (nSPS) is 12.3. The molecule has 2 aromatic carbocycles. The molecular formula is C20H26N2O4S. The van der Waals surface area contributed by atoms with E-state index < -0.39 is 10.0 Å². The molecule has 2 rings (SSSR count). The molecule has 2 aromatic rings. The van der Waals surface area contributed by atoms with Gasteiger partial charge in [-0.2, -0.15) is 0 Å². The molecule has 7 heteroatoms. The molecular weight excluding hydrogens is 364 g/mol. The van der Waals surface area contributed by atoms with E-state index in [-0.39, 0.29) is 18.6 Å². The molecule has 0 saturated heterocycles. The molecule has 0 radical (unpaired) electrons. The third-order valence-corrected chi connectivity index (χ3v) is 5.50. The molecule has 0 fully saturated rings. The zero-order chi connectivity index (χ0) is 20.0. The molecule has 146 valence electrons. The van der Waals surface area contributed by atoms with Crippen molar-refractivity contribution in [3.05, 3.63) is 59.7 Å². The summed E-state index contributed by atoms with van der Waals surface area (Å²) in [7, 11) is -1.83. The Morgan fingerprint density at radius 2 is 1.70 bits per heavy atom. The number of nitrogens with one attached hydrogen (secondary N) is 1. The number of ether oxygens (including phenoxy) is 1. The van der Waals surface area contributed by atoms with Crippen LogP contribution < -0.4 is 14.4 Å². The van der Waals surface area contributed by atoms with Crippen molar-refractivity contribution in [2.24, 2.45) is 0 Å². The Bertz CT molecular complexity index is 862. The van der Waals surface area contributed by atoms with Crippen molar-refractivity contribution in [1.29, 1.82) is 0 Å². The summed E-state index contributed by atoms with van der Waals surface area (Å²) in [5, 5.41) is 2.97. The molecule has 1 N–H and O–H groups in total. The van der Waals surface area contributed by atoms with Crippen molar-refractivity contribution in [3.8, 4) is 5.75 Å². The van der Waals surface area contributed by atoms with E-state index in [1.54, 1.807) is 24.3 Å². The second-order valence-electron chi connectivity index (χ2n) is 6.45. The highest BCUT2D eigenvalue weighted by molar-refractivity contribution is 7.92. The maximum atomic E-state index is 12.2. The van der Waals surface area contributed by atoms with Crippen LogP contribution in [0.4, 0.5) is 5.69 Å². The highest BCUT2D eigenvalue weighted by atomic mass is 32.2. The van der Waals surface area contributed by atoms with E-state index in [4.69, 9.17) is 4.74 Å². The van der Waals surface area contributed by atoms with E-state index in [0.717, 1.165) is 18.2 Å². The number of carbonyl (C=O) groups is 1. The number of anilines is 1. The summed E-state index contributed by atoms with van der Waals surface area (Å²) in [5.74, 6) is 0.291. The quantitative estimate of drug-likeness (QED) is 0.752. The summed E-state index contributed by atoms with van der Waals surface area (Å²) in [6, 6.07) is 14.6. The van der Waals surface area contributed by atoms with Crippen LogP contribution in [0.1, 0.15) is 30.5 Å². The molecule has 0 aliphatic rings. The Kier molecular flexibility index (Phi) is 6.85. The second-order valence-corrected chi connectivity index (χ2v) is 8.47. The third-order valence-electron chi connectivity index (χ3n) is 4.29.